The summed E-state index contributed by atoms with van der Waals surface area (Å²) in [6.45, 7) is 1.21. The lowest BCUT2D eigenvalue weighted by Crippen LogP contribution is -2.48. The molecule has 2 fully saturated rings. The summed E-state index contributed by atoms with van der Waals surface area (Å²) in [6.07, 6.45) is 11.5. The molecule has 19 heavy (non-hydrogen) atoms. The first kappa shape index (κ1) is 13.0. The Kier molecular flexibility index (Phi) is 4.06. The van der Waals surface area contributed by atoms with E-state index in [1.165, 1.54) is 51.5 Å². The van der Waals surface area contributed by atoms with Gasteiger partial charge in [-0.2, -0.15) is 5.10 Å². The summed E-state index contributed by atoms with van der Waals surface area (Å²) >= 11 is 0. The van der Waals surface area contributed by atoms with Crippen LogP contribution in [-0.4, -0.2) is 28.4 Å². The zero-order valence-electron chi connectivity index (χ0n) is 11.9. The Morgan fingerprint density at radius 2 is 2.05 bits per heavy atom. The summed E-state index contributed by atoms with van der Waals surface area (Å²) in [7, 11) is 1.98. The van der Waals surface area contributed by atoms with Gasteiger partial charge in [0.1, 0.15) is 5.82 Å². The van der Waals surface area contributed by atoms with Gasteiger partial charge in [-0.05, 0) is 38.1 Å². The van der Waals surface area contributed by atoms with Gasteiger partial charge < -0.3 is 10.6 Å². The van der Waals surface area contributed by atoms with Gasteiger partial charge in [-0.3, -0.25) is 4.68 Å². The van der Waals surface area contributed by atoms with Crippen LogP contribution in [0.15, 0.2) is 12.3 Å². The first-order valence-electron chi connectivity index (χ1n) is 7.82. The van der Waals surface area contributed by atoms with Crippen LogP contribution in [0.1, 0.15) is 44.9 Å². The molecule has 3 atom stereocenters. The second-order valence-corrected chi connectivity index (χ2v) is 6.13. The Labute approximate surface area is 116 Å². The minimum Gasteiger partial charge on any atom is -0.366 e. The molecular weight excluding hydrogens is 236 g/mol. The summed E-state index contributed by atoms with van der Waals surface area (Å²) in [4.78, 5) is 0. The second kappa shape index (κ2) is 5.95. The molecule has 3 unspecified atom stereocenters. The van der Waals surface area contributed by atoms with E-state index in [0.717, 1.165) is 17.8 Å². The van der Waals surface area contributed by atoms with Gasteiger partial charge in [0.15, 0.2) is 0 Å². The number of aryl methyl sites for hydroxylation is 1. The fourth-order valence-corrected chi connectivity index (χ4v) is 3.75. The average Bonchev–Trinajstić information content (AvgIpc) is 2.86. The SMILES string of the molecule is Cn1ccc(NC2CCCCC2C2CCCCN2)n1. The van der Waals surface area contributed by atoms with Crippen molar-refractivity contribution in [2.24, 2.45) is 13.0 Å². The molecule has 1 aromatic heterocycles. The molecule has 1 aliphatic heterocycles. The molecule has 0 spiro atoms. The third-order valence-electron chi connectivity index (χ3n) is 4.73. The number of hydrogen-bond donors (Lipinski definition) is 2. The van der Waals surface area contributed by atoms with Crippen LogP contribution < -0.4 is 10.6 Å². The van der Waals surface area contributed by atoms with Crippen LogP contribution in [0, 0.1) is 5.92 Å². The number of anilines is 1. The number of piperidine rings is 1. The Morgan fingerprint density at radius 3 is 2.79 bits per heavy atom. The maximum atomic E-state index is 4.47. The van der Waals surface area contributed by atoms with E-state index in [1.54, 1.807) is 0 Å². The molecule has 1 aliphatic carbocycles. The predicted octanol–water partition coefficient (Wildman–Crippen LogP) is 2.53. The molecule has 2 aliphatic rings. The summed E-state index contributed by atoms with van der Waals surface area (Å²) in [5.41, 5.74) is 0. The zero-order chi connectivity index (χ0) is 13.1. The Hall–Kier alpha value is -1.03. The number of nitrogens with zero attached hydrogens (tertiary/aromatic N) is 2. The van der Waals surface area contributed by atoms with Crippen LogP contribution in [0.25, 0.3) is 0 Å². The lowest BCUT2D eigenvalue weighted by Gasteiger charge is -2.39. The summed E-state index contributed by atoms with van der Waals surface area (Å²) in [5.74, 6) is 1.81. The van der Waals surface area contributed by atoms with E-state index in [0.29, 0.717) is 6.04 Å². The quantitative estimate of drug-likeness (QED) is 0.879. The van der Waals surface area contributed by atoms with E-state index in [2.05, 4.69) is 21.8 Å². The van der Waals surface area contributed by atoms with Crippen LogP contribution in [0.5, 0.6) is 0 Å². The fourth-order valence-electron chi connectivity index (χ4n) is 3.75. The summed E-state index contributed by atoms with van der Waals surface area (Å²) in [6, 6.07) is 3.40. The van der Waals surface area contributed by atoms with Crippen molar-refractivity contribution >= 4 is 5.82 Å². The van der Waals surface area contributed by atoms with Gasteiger partial charge in [0.25, 0.3) is 0 Å². The molecular formula is C15H26N4. The Balaban J connectivity index is 1.66. The Bertz CT molecular complexity index is 395. The van der Waals surface area contributed by atoms with Gasteiger partial charge in [0.05, 0.1) is 0 Å². The monoisotopic (exact) mass is 262 g/mol. The van der Waals surface area contributed by atoms with E-state index in [4.69, 9.17) is 0 Å². The van der Waals surface area contributed by atoms with Gasteiger partial charge in [0.2, 0.25) is 0 Å². The molecule has 0 bridgehead atoms. The Morgan fingerprint density at radius 1 is 1.21 bits per heavy atom. The zero-order valence-corrected chi connectivity index (χ0v) is 11.9. The lowest BCUT2D eigenvalue weighted by atomic mass is 9.77. The maximum absolute atomic E-state index is 4.47. The topological polar surface area (TPSA) is 41.9 Å². The van der Waals surface area contributed by atoms with Crippen molar-refractivity contribution in [3.8, 4) is 0 Å². The van der Waals surface area contributed by atoms with Crippen molar-refractivity contribution in [1.29, 1.82) is 0 Å². The minimum absolute atomic E-state index is 0.597. The highest BCUT2D eigenvalue weighted by molar-refractivity contribution is 5.34. The molecule has 0 radical (unpaired) electrons. The van der Waals surface area contributed by atoms with Gasteiger partial charge in [0, 0.05) is 31.4 Å². The number of aromatic nitrogens is 2. The summed E-state index contributed by atoms with van der Waals surface area (Å²) < 4.78 is 1.87. The van der Waals surface area contributed by atoms with Gasteiger partial charge >= 0.3 is 0 Å². The minimum atomic E-state index is 0.597. The van der Waals surface area contributed by atoms with Crippen molar-refractivity contribution in [1.82, 2.24) is 15.1 Å². The van der Waals surface area contributed by atoms with Crippen LogP contribution in [0.3, 0.4) is 0 Å². The van der Waals surface area contributed by atoms with E-state index >= 15 is 0 Å². The number of rotatable bonds is 3. The van der Waals surface area contributed by atoms with Crippen LogP contribution >= 0.6 is 0 Å². The third kappa shape index (κ3) is 3.11. The molecule has 4 nitrogen and oxygen atoms in total. The third-order valence-corrected chi connectivity index (χ3v) is 4.73. The molecule has 1 saturated heterocycles. The smallest absolute Gasteiger partial charge is 0.148 e. The van der Waals surface area contributed by atoms with E-state index in [9.17, 15) is 0 Å². The van der Waals surface area contributed by atoms with Crippen molar-refractivity contribution in [2.75, 3.05) is 11.9 Å². The fraction of sp³-hybridized carbons (Fsp3) is 0.800. The van der Waals surface area contributed by atoms with Crippen LogP contribution in [0.2, 0.25) is 0 Å². The largest absolute Gasteiger partial charge is 0.366 e. The number of nitrogens with one attached hydrogen (secondary N) is 2. The van der Waals surface area contributed by atoms with E-state index < -0.39 is 0 Å². The second-order valence-electron chi connectivity index (χ2n) is 6.13. The molecule has 106 valence electrons. The molecule has 0 amide bonds. The normalized spacial score (nSPS) is 32.2. The lowest BCUT2D eigenvalue weighted by molar-refractivity contribution is 0.217. The summed E-state index contributed by atoms with van der Waals surface area (Å²) in [5, 5.41) is 11.9. The average molecular weight is 262 g/mol. The molecule has 1 aromatic rings. The van der Waals surface area contributed by atoms with Gasteiger partial charge in [-0.15, -0.1) is 0 Å². The molecule has 3 rings (SSSR count). The van der Waals surface area contributed by atoms with E-state index in [1.807, 2.05) is 17.9 Å². The highest BCUT2D eigenvalue weighted by atomic mass is 15.3. The first-order valence-corrected chi connectivity index (χ1v) is 7.82. The van der Waals surface area contributed by atoms with Crippen molar-refractivity contribution in [2.45, 2.75) is 57.0 Å². The van der Waals surface area contributed by atoms with Crippen LogP contribution in [-0.2, 0) is 7.05 Å². The van der Waals surface area contributed by atoms with Crippen molar-refractivity contribution in [3.05, 3.63) is 12.3 Å². The molecule has 4 heteroatoms. The molecule has 0 aromatic carbocycles. The van der Waals surface area contributed by atoms with Crippen molar-refractivity contribution < 1.29 is 0 Å². The van der Waals surface area contributed by atoms with E-state index in [-0.39, 0.29) is 0 Å². The van der Waals surface area contributed by atoms with Gasteiger partial charge in [-0.25, -0.2) is 0 Å². The molecule has 2 heterocycles. The maximum Gasteiger partial charge on any atom is 0.148 e. The van der Waals surface area contributed by atoms with Crippen LogP contribution in [0.4, 0.5) is 5.82 Å². The standard InChI is InChI=1S/C15H26N4/c1-19-11-9-15(18-19)17-14-8-3-2-6-12(14)13-7-4-5-10-16-13/h9,11-14,16H,2-8,10H2,1H3,(H,17,18). The number of hydrogen-bond acceptors (Lipinski definition) is 3. The van der Waals surface area contributed by atoms with Crippen molar-refractivity contribution in [3.63, 3.8) is 0 Å². The molecule has 2 N–H and O–H groups in total. The van der Waals surface area contributed by atoms with Gasteiger partial charge in [-0.1, -0.05) is 19.3 Å². The highest BCUT2D eigenvalue weighted by Crippen LogP contribution is 2.32. The highest BCUT2D eigenvalue weighted by Gasteiger charge is 2.32. The molecule has 1 saturated carbocycles. The first-order chi connectivity index (χ1) is 9.33. The predicted molar refractivity (Wildman–Crippen MR) is 78.2 cm³/mol.